The summed E-state index contributed by atoms with van der Waals surface area (Å²) in [4.78, 5) is 18.9. The van der Waals surface area contributed by atoms with Crippen LogP contribution >= 0.6 is 0 Å². The Balaban J connectivity index is 1.25. The van der Waals surface area contributed by atoms with E-state index in [1.165, 1.54) is 25.8 Å². The van der Waals surface area contributed by atoms with Gasteiger partial charge in [-0.1, -0.05) is 12.5 Å². The van der Waals surface area contributed by atoms with Gasteiger partial charge in [0.1, 0.15) is 11.9 Å². The van der Waals surface area contributed by atoms with Crippen molar-refractivity contribution in [1.29, 1.82) is 0 Å². The fraction of sp³-hybridized carbons (Fsp3) is 0.571. The van der Waals surface area contributed by atoms with E-state index in [-0.39, 0.29) is 18.5 Å². The second-order valence-electron chi connectivity index (χ2n) is 9.80. The molecular formula is C28H38FN3O5. The molecule has 0 saturated carbocycles. The van der Waals surface area contributed by atoms with Gasteiger partial charge < -0.3 is 24.6 Å². The van der Waals surface area contributed by atoms with Crippen molar-refractivity contribution in [2.24, 2.45) is 0 Å². The monoisotopic (exact) mass is 515 g/mol. The third-order valence-corrected chi connectivity index (χ3v) is 7.10. The van der Waals surface area contributed by atoms with E-state index < -0.39 is 17.8 Å². The van der Waals surface area contributed by atoms with Crippen LogP contribution < -0.4 is 10.1 Å². The van der Waals surface area contributed by atoms with Crippen LogP contribution in [0.1, 0.15) is 60.5 Å². The van der Waals surface area contributed by atoms with Gasteiger partial charge >= 0.3 is 5.97 Å². The lowest BCUT2D eigenvalue weighted by Gasteiger charge is -2.26. The summed E-state index contributed by atoms with van der Waals surface area (Å²) in [7, 11) is 2.87. The highest BCUT2D eigenvalue weighted by atomic mass is 19.1. The van der Waals surface area contributed by atoms with E-state index in [0.29, 0.717) is 30.8 Å². The minimum absolute atomic E-state index is 0.0409. The van der Waals surface area contributed by atoms with E-state index in [1.807, 2.05) is 4.90 Å². The minimum atomic E-state index is -1.04. The van der Waals surface area contributed by atoms with E-state index in [9.17, 15) is 14.3 Å². The first-order chi connectivity index (χ1) is 18.0. The molecule has 2 aromatic rings. The second kappa shape index (κ2) is 13.2. The number of rotatable bonds is 13. The van der Waals surface area contributed by atoms with Crippen molar-refractivity contribution >= 4 is 11.8 Å². The van der Waals surface area contributed by atoms with Crippen LogP contribution in [0.3, 0.4) is 0 Å². The average molecular weight is 516 g/mol. The number of nitrogens with one attached hydrogen (secondary N) is 1. The van der Waals surface area contributed by atoms with E-state index in [0.717, 1.165) is 63.0 Å². The molecule has 0 unspecified atom stereocenters. The zero-order chi connectivity index (χ0) is 26.2. The van der Waals surface area contributed by atoms with E-state index in [4.69, 9.17) is 19.2 Å². The molecule has 4 rings (SSSR count). The lowest BCUT2D eigenvalue weighted by Crippen LogP contribution is -2.34. The number of hydrogen-bond donors (Lipinski definition) is 2. The van der Waals surface area contributed by atoms with Crippen molar-refractivity contribution in [1.82, 2.24) is 9.88 Å². The second-order valence-corrected chi connectivity index (χ2v) is 9.80. The Kier molecular flexibility index (Phi) is 9.71. The molecule has 2 N–H and O–H groups in total. The van der Waals surface area contributed by atoms with Crippen molar-refractivity contribution in [2.75, 3.05) is 45.8 Å². The number of pyridine rings is 1. The highest BCUT2D eigenvalue weighted by Gasteiger charge is 2.36. The van der Waals surface area contributed by atoms with Gasteiger partial charge in [-0.25, -0.2) is 9.37 Å². The molecule has 37 heavy (non-hydrogen) atoms. The summed E-state index contributed by atoms with van der Waals surface area (Å²) in [5.41, 5.74) is 3.30. The molecule has 0 aliphatic carbocycles. The Labute approximate surface area is 218 Å². The minimum Gasteiger partial charge on any atom is -0.493 e. The Morgan fingerprint density at radius 2 is 2.14 bits per heavy atom. The largest absolute Gasteiger partial charge is 0.493 e. The van der Waals surface area contributed by atoms with Crippen LogP contribution in [-0.4, -0.2) is 67.5 Å². The molecule has 202 valence electrons. The van der Waals surface area contributed by atoms with Crippen molar-refractivity contribution in [2.45, 2.75) is 63.7 Å². The van der Waals surface area contributed by atoms with Gasteiger partial charge in [0.25, 0.3) is 0 Å². The molecule has 1 aromatic carbocycles. The van der Waals surface area contributed by atoms with Gasteiger partial charge in [0, 0.05) is 44.6 Å². The number of aromatic nitrogens is 1. The van der Waals surface area contributed by atoms with Crippen molar-refractivity contribution in [3.05, 3.63) is 52.5 Å². The summed E-state index contributed by atoms with van der Waals surface area (Å²) < 4.78 is 31.1. The molecule has 0 spiro atoms. The number of hydrogen-bond acceptors (Lipinski definition) is 7. The Morgan fingerprint density at radius 3 is 2.92 bits per heavy atom. The van der Waals surface area contributed by atoms with Gasteiger partial charge in [0.15, 0.2) is 11.6 Å². The average Bonchev–Trinajstić information content (AvgIpc) is 3.34. The van der Waals surface area contributed by atoms with E-state index in [2.05, 4.69) is 17.4 Å². The van der Waals surface area contributed by atoms with Crippen LogP contribution in [0.4, 0.5) is 10.2 Å². The first kappa shape index (κ1) is 27.3. The first-order valence-electron chi connectivity index (χ1n) is 13.2. The van der Waals surface area contributed by atoms with Gasteiger partial charge in [-0.2, -0.15) is 0 Å². The number of halogens is 1. The normalized spacial score (nSPS) is 18.3. The van der Waals surface area contributed by atoms with Crippen LogP contribution in [0.5, 0.6) is 5.75 Å². The number of likely N-dealkylation sites (tertiary alicyclic amines) is 1. The molecule has 0 amide bonds. The third-order valence-electron chi connectivity index (χ3n) is 7.10. The zero-order valence-electron chi connectivity index (χ0n) is 21.8. The highest BCUT2D eigenvalue weighted by molar-refractivity contribution is 5.77. The molecular weight excluding hydrogens is 477 g/mol. The number of aliphatic carboxylic acids is 1. The van der Waals surface area contributed by atoms with Crippen molar-refractivity contribution in [3.8, 4) is 5.75 Å². The lowest BCUT2D eigenvalue weighted by atomic mass is 10.0. The molecule has 0 radical (unpaired) electrons. The van der Waals surface area contributed by atoms with Gasteiger partial charge in [0.2, 0.25) is 0 Å². The molecule has 1 saturated heterocycles. The maximum absolute atomic E-state index is 14.6. The number of benzene rings is 1. The Morgan fingerprint density at radius 1 is 1.27 bits per heavy atom. The van der Waals surface area contributed by atoms with Gasteiger partial charge in [-0.05, 0) is 67.9 Å². The molecule has 2 atom stereocenters. The zero-order valence-corrected chi connectivity index (χ0v) is 21.8. The Hall–Kier alpha value is -2.75. The van der Waals surface area contributed by atoms with Crippen LogP contribution in [-0.2, 0) is 33.7 Å². The maximum Gasteiger partial charge on any atom is 0.325 e. The van der Waals surface area contributed by atoms with Gasteiger partial charge in [0.05, 0.1) is 19.8 Å². The molecule has 3 heterocycles. The smallest absolute Gasteiger partial charge is 0.325 e. The Bertz CT molecular complexity index is 1070. The predicted molar refractivity (Wildman–Crippen MR) is 139 cm³/mol. The van der Waals surface area contributed by atoms with Crippen molar-refractivity contribution < 1.29 is 28.5 Å². The number of carboxylic acid groups (broad SMARTS) is 1. The van der Waals surface area contributed by atoms with Crippen LogP contribution in [0.2, 0.25) is 0 Å². The lowest BCUT2D eigenvalue weighted by molar-refractivity contribution is -0.143. The summed E-state index contributed by atoms with van der Waals surface area (Å²) in [6.07, 6.45) is 6.94. The van der Waals surface area contributed by atoms with E-state index in [1.54, 1.807) is 6.07 Å². The van der Waals surface area contributed by atoms with E-state index >= 15 is 0 Å². The SMILES string of the molecule is COCc1cc(F)c(OC)c([C@@H](C(=O)O)N2CC[C@@H](OCCCCCc3ccc4c(n3)NCCC4)C2)c1. The molecule has 2 aliphatic rings. The summed E-state index contributed by atoms with van der Waals surface area (Å²) in [5.74, 6) is -0.629. The summed E-state index contributed by atoms with van der Waals surface area (Å²) in [6.45, 7) is 2.85. The fourth-order valence-corrected chi connectivity index (χ4v) is 5.30. The fourth-order valence-electron chi connectivity index (χ4n) is 5.30. The van der Waals surface area contributed by atoms with Crippen LogP contribution in [0, 0.1) is 5.82 Å². The van der Waals surface area contributed by atoms with Crippen LogP contribution in [0.15, 0.2) is 24.3 Å². The predicted octanol–water partition coefficient (Wildman–Crippen LogP) is 4.36. The number of anilines is 1. The molecule has 8 nitrogen and oxygen atoms in total. The molecule has 1 fully saturated rings. The molecule has 2 aliphatic heterocycles. The number of ether oxygens (including phenoxy) is 3. The summed E-state index contributed by atoms with van der Waals surface area (Å²) >= 11 is 0. The summed E-state index contributed by atoms with van der Waals surface area (Å²) in [5, 5.41) is 13.4. The number of fused-ring (bicyclic) bond motifs is 1. The topological polar surface area (TPSA) is 93.2 Å². The molecule has 0 bridgehead atoms. The number of unbranched alkanes of at least 4 members (excludes halogenated alkanes) is 2. The number of methoxy groups -OCH3 is 2. The number of carboxylic acids is 1. The maximum atomic E-state index is 14.6. The molecule has 9 heteroatoms. The number of carbonyl (C=O) groups is 1. The first-order valence-corrected chi connectivity index (χ1v) is 13.2. The van der Waals surface area contributed by atoms with Gasteiger partial charge in [-0.15, -0.1) is 0 Å². The quantitative estimate of drug-likeness (QED) is 0.380. The summed E-state index contributed by atoms with van der Waals surface area (Å²) in [6, 6.07) is 6.29. The molecule has 1 aromatic heterocycles. The standard InChI is InChI=1S/C28H38FN3O5/c1-35-18-19-15-23(26(36-2)24(29)16-19)25(28(33)34)32-13-11-22(17-32)37-14-5-3-4-8-21-10-9-20-7-6-12-30-27(20)31-21/h9-10,15-16,22,25H,3-8,11-14,17-18H2,1-2H3,(H,30,31)(H,33,34)/t22-,25+/m1/s1. The van der Waals surface area contributed by atoms with Gasteiger partial charge in [-0.3, -0.25) is 9.69 Å². The highest BCUT2D eigenvalue weighted by Crippen LogP contribution is 2.35. The third kappa shape index (κ3) is 6.97. The number of aryl methyl sites for hydroxylation is 2. The van der Waals surface area contributed by atoms with Crippen molar-refractivity contribution in [3.63, 3.8) is 0 Å². The number of nitrogens with zero attached hydrogens (tertiary/aromatic N) is 2. The van der Waals surface area contributed by atoms with Crippen LogP contribution in [0.25, 0.3) is 0 Å².